The second kappa shape index (κ2) is 11.2. The number of aromatic nitrogens is 3. The fourth-order valence-electron chi connectivity index (χ4n) is 6.38. The lowest BCUT2D eigenvalue weighted by atomic mass is 10.00. The van der Waals surface area contributed by atoms with Crippen molar-refractivity contribution in [3.05, 3.63) is 164 Å². The first kappa shape index (κ1) is 27.0. The van der Waals surface area contributed by atoms with Crippen LogP contribution in [0.4, 0.5) is 0 Å². The van der Waals surface area contributed by atoms with Crippen molar-refractivity contribution in [1.29, 1.82) is 0 Å². The molecule has 4 heteroatoms. The van der Waals surface area contributed by atoms with E-state index >= 15 is 0 Å². The summed E-state index contributed by atoms with van der Waals surface area (Å²) in [5.41, 5.74) is 9.13. The van der Waals surface area contributed by atoms with Gasteiger partial charge < -0.3 is 4.42 Å². The molecule has 0 aliphatic carbocycles. The molecule has 9 aromatic rings. The first-order valence-electron chi connectivity index (χ1n) is 15.7. The van der Waals surface area contributed by atoms with Crippen molar-refractivity contribution in [3.8, 4) is 56.4 Å². The van der Waals surface area contributed by atoms with E-state index in [1.54, 1.807) is 0 Å². The predicted octanol–water partition coefficient (Wildman–Crippen LogP) is 11.3. The van der Waals surface area contributed by atoms with E-state index in [0.29, 0.717) is 17.5 Å². The van der Waals surface area contributed by atoms with Gasteiger partial charge in [0.05, 0.1) is 0 Å². The summed E-state index contributed by atoms with van der Waals surface area (Å²) < 4.78 is 6.60. The highest BCUT2D eigenvalue weighted by atomic mass is 16.3. The van der Waals surface area contributed by atoms with Gasteiger partial charge in [0.2, 0.25) is 0 Å². The summed E-state index contributed by atoms with van der Waals surface area (Å²) >= 11 is 0. The molecule has 2 heterocycles. The van der Waals surface area contributed by atoms with Crippen LogP contribution >= 0.6 is 0 Å². The van der Waals surface area contributed by atoms with Crippen molar-refractivity contribution in [1.82, 2.24) is 15.0 Å². The van der Waals surface area contributed by atoms with Crippen LogP contribution in [-0.4, -0.2) is 15.0 Å². The maximum Gasteiger partial charge on any atom is 0.164 e. The van der Waals surface area contributed by atoms with E-state index in [4.69, 9.17) is 19.4 Å². The lowest BCUT2D eigenvalue weighted by Gasteiger charge is -2.11. The molecule has 0 spiro atoms. The van der Waals surface area contributed by atoms with Gasteiger partial charge in [-0.05, 0) is 45.8 Å². The van der Waals surface area contributed by atoms with Crippen molar-refractivity contribution in [3.63, 3.8) is 0 Å². The molecule has 0 atom stereocenters. The standard InChI is InChI=1S/C43H27N3O/c1-4-11-28(12-5-1)30-19-21-32(22-20-30)42-44-41(31-15-8-3-9-16-31)45-43(46-42)38-18-10-17-36-34(38)25-26-37-35-24-23-33(27-39(35)47-40(36)37)29-13-6-2-7-14-29/h1-27H. The van der Waals surface area contributed by atoms with Crippen LogP contribution in [0.2, 0.25) is 0 Å². The van der Waals surface area contributed by atoms with Gasteiger partial charge in [-0.3, -0.25) is 0 Å². The van der Waals surface area contributed by atoms with Crippen molar-refractivity contribution in [2.75, 3.05) is 0 Å². The second-order valence-corrected chi connectivity index (χ2v) is 11.6. The van der Waals surface area contributed by atoms with Gasteiger partial charge in [0.25, 0.3) is 0 Å². The van der Waals surface area contributed by atoms with Gasteiger partial charge in [-0.1, -0.05) is 146 Å². The molecule has 0 amide bonds. The first-order chi connectivity index (χ1) is 23.3. The van der Waals surface area contributed by atoms with E-state index in [2.05, 4.69) is 121 Å². The minimum absolute atomic E-state index is 0.619. The van der Waals surface area contributed by atoms with E-state index in [1.807, 2.05) is 42.5 Å². The molecular weight excluding hydrogens is 574 g/mol. The Morgan fingerprint density at radius 1 is 0.319 bits per heavy atom. The third-order valence-corrected chi connectivity index (χ3v) is 8.76. The molecule has 0 unspecified atom stereocenters. The van der Waals surface area contributed by atoms with Crippen LogP contribution < -0.4 is 0 Å². The topological polar surface area (TPSA) is 51.8 Å². The Morgan fingerprint density at radius 3 is 1.47 bits per heavy atom. The molecule has 7 aromatic carbocycles. The Morgan fingerprint density at radius 2 is 0.787 bits per heavy atom. The summed E-state index contributed by atoms with van der Waals surface area (Å²) in [5.74, 6) is 1.88. The molecule has 47 heavy (non-hydrogen) atoms. The van der Waals surface area contributed by atoms with Gasteiger partial charge in [0.1, 0.15) is 11.2 Å². The van der Waals surface area contributed by atoms with E-state index in [0.717, 1.165) is 66.1 Å². The summed E-state index contributed by atoms with van der Waals surface area (Å²) in [6.07, 6.45) is 0. The summed E-state index contributed by atoms with van der Waals surface area (Å²) in [4.78, 5) is 15.1. The van der Waals surface area contributed by atoms with Gasteiger partial charge >= 0.3 is 0 Å². The summed E-state index contributed by atoms with van der Waals surface area (Å²) in [5, 5.41) is 4.23. The van der Waals surface area contributed by atoms with Crippen LogP contribution in [0, 0.1) is 0 Å². The van der Waals surface area contributed by atoms with E-state index < -0.39 is 0 Å². The van der Waals surface area contributed by atoms with Crippen molar-refractivity contribution in [2.24, 2.45) is 0 Å². The van der Waals surface area contributed by atoms with Crippen LogP contribution in [0.5, 0.6) is 0 Å². The van der Waals surface area contributed by atoms with E-state index in [1.165, 1.54) is 5.56 Å². The second-order valence-electron chi connectivity index (χ2n) is 11.6. The highest BCUT2D eigenvalue weighted by molar-refractivity contribution is 6.17. The van der Waals surface area contributed by atoms with Gasteiger partial charge in [-0.15, -0.1) is 0 Å². The third-order valence-electron chi connectivity index (χ3n) is 8.76. The predicted molar refractivity (Wildman–Crippen MR) is 192 cm³/mol. The average molecular weight is 602 g/mol. The molecule has 9 rings (SSSR count). The number of furan rings is 1. The molecule has 0 N–H and O–H groups in total. The zero-order chi connectivity index (χ0) is 31.2. The maximum atomic E-state index is 6.60. The van der Waals surface area contributed by atoms with Crippen LogP contribution in [0.3, 0.4) is 0 Å². The van der Waals surface area contributed by atoms with E-state index in [-0.39, 0.29) is 0 Å². The molecule has 220 valence electrons. The molecule has 0 fully saturated rings. The number of benzene rings is 7. The molecule has 2 aromatic heterocycles. The monoisotopic (exact) mass is 601 g/mol. The number of rotatable bonds is 5. The zero-order valence-corrected chi connectivity index (χ0v) is 25.3. The SMILES string of the molecule is c1ccc(-c2ccc(-c3nc(-c4ccccc4)nc(-c4cccc5c4ccc4c6ccc(-c7ccccc7)cc6oc54)n3)cc2)cc1. The summed E-state index contributed by atoms with van der Waals surface area (Å²) in [7, 11) is 0. The Bertz CT molecular complexity index is 2540. The van der Waals surface area contributed by atoms with E-state index in [9.17, 15) is 0 Å². The summed E-state index contributed by atoms with van der Waals surface area (Å²) in [6.45, 7) is 0. The molecule has 4 nitrogen and oxygen atoms in total. The van der Waals surface area contributed by atoms with Gasteiger partial charge in [0.15, 0.2) is 17.5 Å². The van der Waals surface area contributed by atoms with Crippen LogP contribution in [0.1, 0.15) is 0 Å². The minimum atomic E-state index is 0.619. The smallest absolute Gasteiger partial charge is 0.164 e. The van der Waals surface area contributed by atoms with Crippen molar-refractivity contribution in [2.45, 2.75) is 0 Å². The Kier molecular flexibility index (Phi) is 6.43. The minimum Gasteiger partial charge on any atom is -0.455 e. The highest BCUT2D eigenvalue weighted by Gasteiger charge is 2.17. The molecular formula is C43H27N3O. The number of fused-ring (bicyclic) bond motifs is 5. The normalized spacial score (nSPS) is 11.4. The Hall–Kier alpha value is -6.39. The van der Waals surface area contributed by atoms with Crippen molar-refractivity contribution >= 4 is 32.7 Å². The Labute approximate surface area is 271 Å². The highest BCUT2D eigenvalue weighted by Crippen LogP contribution is 2.39. The van der Waals surface area contributed by atoms with Gasteiger partial charge in [-0.2, -0.15) is 0 Å². The largest absolute Gasteiger partial charge is 0.455 e. The van der Waals surface area contributed by atoms with Crippen LogP contribution in [0.25, 0.3) is 89.1 Å². The maximum absolute atomic E-state index is 6.60. The zero-order valence-electron chi connectivity index (χ0n) is 25.3. The number of hydrogen-bond donors (Lipinski definition) is 0. The van der Waals surface area contributed by atoms with Crippen molar-refractivity contribution < 1.29 is 4.42 Å². The fraction of sp³-hybridized carbons (Fsp3) is 0. The number of hydrogen-bond acceptors (Lipinski definition) is 4. The van der Waals surface area contributed by atoms with Gasteiger partial charge in [-0.25, -0.2) is 15.0 Å². The molecule has 0 radical (unpaired) electrons. The van der Waals surface area contributed by atoms with Crippen LogP contribution in [-0.2, 0) is 0 Å². The molecule has 0 bridgehead atoms. The van der Waals surface area contributed by atoms with Gasteiger partial charge in [0, 0.05) is 32.8 Å². The lowest BCUT2D eigenvalue weighted by molar-refractivity contribution is 0.673. The van der Waals surface area contributed by atoms with Crippen LogP contribution in [0.15, 0.2) is 168 Å². The molecule has 0 saturated heterocycles. The number of nitrogens with zero attached hydrogens (tertiary/aromatic N) is 3. The molecule has 0 aliphatic heterocycles. The average Bonchev–Trinajstić information content (AvgIpc) is 3.54. The Balaban J connectivity index is 1.20. The lowest BCUT2D eigenvalue weighted by Crippen LogP contribution is -2.00. The first-order valence-corrected chi connectivity index (χ1v) is 15.7. The molecule has 0 saturated carbocycles. The third kappa shape index (κ3) is 4.84. The summed E-state index contributed by atoms with van der Waals surface area (Å²) in [6, 6.07) is 56.3. The quantitative estimate of drug-likeness (QED) is 0.197. The fourth-order valence-corrected chi connectivity index (χ4v) is 6.38. The molecule has 0 aliphatic rings.